The summed E-state index contributed by atoms with van der Waals surface area (Å²) in [5.41, 5.74) is 0. The molecule has 118 valence electrons. The lowest BCUT2D eigenvalue weighted by Crippen LogP contribution is -2.48. The molecule has 1 unspecified atom stereocenters. The molecule has 0 rings (SSSR count). The monoisotopic (exact) mass is 289 g/mol. The van der Waals surface area contributed by atoms with Crippen LogP contribution in [0.5, 0.6) is 0 Å². The second kappa shape index (κ2) is 10.4. The van der Waals surface area contributed by atoms with Crippen LogP contribution < -0.4 is 5.32 Å². The highest BCUT2D eigenvalue weighted by atomic mass is 16.5. The van der Waals surface area contributed by atoms with Gasteiger partial charge in [0.05, 0.1) is 6.61 Å². The summed E-state index contributed by atoms with van der Waals surface area (Å²) in [7, 11) is 3.58. The molecular formula is C13H27N3O4. The number of aliphatic carboxylic acids is 1. The van der Waals surface area contributed by atoms with E-state index in [9.17, 15) is 9.59 Å². The Bertz CT molecular complexity index is 299. The van der Waals surface area contributed by atoms with E-state index in [1.165, 1.54) is 4.90 Å². The van der Waals surface area contributed by atoms with Crippen molar-refractivity contribution in [3.63, 3.8) is 0 Å². The standard InChI is InChI=1S/C13H27N3O4/c1-5-11(2)16(10-12(17)18)13(19)14-6-7-15(3)8-9-20-4/h11H,5-10H2,1-4H3,(H,14,19)(H,17,18). The number of methoxy groups -OCH3 is 1. The van der Waals surface area contributed by atoms with Crippen molar-refractivity contribution in [1.82, 2.24) is 15.1 Å². The summed E-state index contributed by atoms with van der Waals surface area (Å²) in [5.74, 6) is -1.00. The highest BCUT2D eigenvalue weighted by Crippen LogP contribution is 2.03. The fourth-order valence-electron chi connectivity index (χ4n) is 1.61. The number of hydrogen-bond donors (Lipinski definition) is 2. The van der Waals surface area contributed by atoms with Crippen molar-refractivity contribution in [3.05, 3.63) is 0 Å². The van der Waals surface area contributed by atoms with Gasteiger partial charge in [0.1, 0.15) is 6.54 Å². The molecule has 0 bridgehead atoms. The molecule has 20 heavy (non-hydrogen) atoms. The normalized spacial score (nSPS) is 12.2. The Morgan fingerprint density at radius 1 is 1.35 bits per heavy atom. The highest BCUT2D eigenvalue weighted by molar-refractivity contribution is 5.80. The summed E-state index contributed by atoms with van der Waals surface area (Å²) in [6, 6.07) is -0.431. The number of carboxylic acid groups (broad SMARTS) is 1. The van der Waals surface area contributed by atoms with E-state index in [0.29, 0.717) is 26.1 Å². The molecule has 2 amide bonds. The molecule has 7 heteroatoms. The van der Waals surface area contributed by atoms with E-state index in [2.05, 4.69) is 5.32 Å². The second-order valence-electron chi connectivity index (χ2n) is 4.81. The zero-order valence-corrected chi connectivity index (χ0v) is 12.9. The number of ether oxygens (including phenoxy) is 1. The van der Waals surface area contributed by atoms with Gasteiger partial charge in [-0.3, -0.25) is 4.79 Å². The van der Waals surface area contributed by atoms with Gasteiger partial charge in [0.25, 0.3) is 0 Å². The Morgan fingerprint density at radius 2 is 2.00 bits per heavy atom. The van der Waals surface area contributed by atoms with Crippen LogP contribution in [-0.2, 0) is 9.53 Å². The molecule has 0 aliphatic heterocycles. The second-order valence-corrected chi connectivity index (χ2v) is 4.81. The lowest BCUT2D eigenvalue weighted by Gasteiger charge is -2.27. The summed E-state index contributed by atoms with van der Waals surface area (Å²) in [6.45, 7) is 6.08. The van der Waals surface area contributed by atoms with Gasteiger partial charge >= 0.3 is 12.0 Å². The number of urea groups is 1. The quantitative estimate of drug-likeness (QED) is 0.610. The van der Waals surface area contributed by atoms with Crippen LogP contribution in [0, 0.1) is 0 Å². The molecule has 0 aromatic rings. The van der Waals surface area contributed by atoms with Gasteiger partial charge in [-0.25, -0.2) is 4.79 Å². The molecule has 0 aliphatic carbocycles. The minimum Gasteiger partial charge on any atom is -0.480 e. The van der Waals surface area contributed by atoms with Gasteiger partial charge < -0.3 is 25.0 Å². The maximum Gasteiger partial charge on any atom is 0.323 e. The van der Waals surface area contributed by atoms with E-state index in [1.54, 1.807) is 7.11 Å². The smallest absolute Gasteiger partial charge is 0.323 e. The Balaban J connectivity index is 4.16. The van der Waals surface area contributed by atoms with Crippen molar-refractivity contribution in [1.29, 1.82) is 0 Å². The fourth-order valence-corrected chi connectivity index (χ4v) is 1.61. The summed E-state index contributed by atoms with van der Waals surface area (Å²) in [4.78, 5) is 26.2. The first-order chi connectivity index (χ1) is 9.42. The number of amides is 2. The molecule has 0 heterocycles. The molecule has 0 saturated carbocycles. The molecule has 0 saturated heterocycles. The van der Waals surface area contributed by atoms with Crippen molar-refractivity contribution < 1.29 is 19.4 Å². The van der Waals surface area contributed by atoms with Gasteiger partial charge in [0.2, 0.25) is 0 Å². The van der Waals surface area contributed by atoms with Gasteiger partial charge in [0.15, 0.2) is 0 Å². The largest absolute Gasteiger partial charge is 0.480 e. The lowest BCUT2D eigenvalue weighted by atomic mass is 10.2. The number of hydrogen-bond acceptors (Lipinski definition) is 4. The number of carbonyl (C=O) groups is 2. The Hall–Kier alpha value is -1.34. The Morgan fingerprint density at radius 3 is 2.50 bits per heavy atom. The van der Waals surface area contributed by atoms with Crippen LogP contribution in [0.25, 0.3) is 0 Å². The molecule has 0 spiro atoms. The molecule has 0 aromatic carbocycles. The van der Waals surface area contributed by atoms with Crippen molar-refractivity contribution in [3.8, 4) is 0 Å². The summed E-state index contributed by atoms with van der Waals surface area (Å²) in [5, 5.41) is 11.6. The zero-order chi connectivity index (χ0) is 15.5. The predicted octanol–water partition coefficient (Wildman–Crippen LogP) is 0.459. The minimum absolute atomic E-state index is 0.0997. The maximum absolute atomic E-state index is 12.0. The third-order valence-electron chi connectivity index (χ3n) is 3.14. The van der Waals surface area contributed by atoms with E-state index >= 15 is 0 Å². The SMILES string of the molecule is CCC(C)N(CC(=O)O)C(=O)NCCN(C)CCOC. The van der Waals surface area contributed by atoms with Crippen molar-refractivity contribution in [2.24, 2.45) is 0 Å². The zero-order valence-electron chi connectivity index (χ0n) is 12.9. The minimum atomic E-state index is -1.00. The number of nitrogens with zero attached hydrogens (tertiary/aromatic N) is 2. The van der Waals surface area contributed by atoms with E-state index in [4.69, 9.17) is 9.84 Å². The molecular weight excluding hydrogens is 262 g/mol. The average molecular weight is 289 g/mol. The van der Waals surface area contributed by atoms with Crippen LogP contribution in [0.3, 0.4) is 0 Å². The topological polar surface area (TPSA) is 82.1 Å². The van der Waals surface area contributed by atoms with E-state index in [1.807, 2.05) is 25.8 Å². The van der Waals surface area contributed by atoms with Gasteiger partial charge in [-0.1, -0.05) is 6.92 Å². The number of rotatable bonds is 10. The van der Waals surface area contributed by atoms with E-state index in [0.717, 1.165) is 6.54 Å². The van der Waals surface area contributed by atoms with Crippen LogP contribution in [0.15, 0.2) is 0 Å². The highest BCUT2D eigenvalue weighted by Gasteiger charge is 2.21. The molecule has 1 atom stereocenters. The van der Waals surface area contributed by atoms with Gasteiger partial charge in [-0.05, 0) is 20.4 Å². The molecule has 2 N–H and O–H groups in total. The Kier molecular flexibility index (Phi) is 9.75. The number of nitrogens with one attached hydrogen (secondary N) is 1. The van der Waals surface area contributed by atoms with E-state index < -0.39 is 5.97 Å². The number of likely N-dealkylation sites (N-methyl/N-ethyl adjacent to an activating group) is 1. The summed E-state index contributed by atoms with van der Waals surface area (Å²) >= 11 is 0. The molecule has 0 aromatic heterocycles. The molecule has 0 aliphatic rings. The fraction of sp³-hybridized carbons (Fsp3) is 0.846. The van der Waals surface area contributed by atoms with Gasteiger partial charge in [-0.2, -0.15) is 0 Å². The predicted molar refractivity (Wildman–Crippen MR) is 76.9 cm³/mol. The van der Waals surface area contributed by atoms with Crippen LogP contribution >= 0.6 is 0 Å². The summed E-state index contributed by atoms with van der Waals surface area (Å²) in [6.07, 6.45) is 0.717. The first-order valence-corrected chi connectivity index (χ1v) is 6.86. The Labute approximate surface area is 120 Å². The summed E-state index contributed by atoms with van der Waals surface area (Å²) < 4.78 is 4.97. The maximum atomic E-state index is 12.0. The molecule has 7 nitrogen and oxygen atoms in total. The van der Waals surface area contributed by atoms with Crippen molar-refractivity contribution in [2.45, 2.75) is 26.3 Å². The van der Waals surface area contributed by atoms with E-state index in [-0.39, 0.29) is 18.6 Å². The third-order valence-corrected chi connectivity index (χ3v) is 3.14. The third kappa shape index (κ3) is 7.96. The first-order valence-electron chi connectivity index (χ1n) is 6.86. The molecule has 0 radical (unpaired) electrons. The first kappa shape index (κ1) is 18.7. The number of carboxylic acids is 1. The van der Waals surface area contributed by atoms with Crippen LogP contribution in [0.2, 0.25) is 0 Å². The van der Waals surface area contributed by atoms with Crippen LogP contribution in [0.1, 0.15) is 20.3 Å². The van der Waals surface area contributed by atoms with Gasteiger partial charge in [-0.15, -0.1) is 0 Å². The van der Waals surface area contributed by atoms with Crippen LogP contribution in [0.4, 0.5) is 4.79 Å². The number of carbonyl (C=O) groups excluding carboxylic acids is 1. The van der Waals surface area contributed by atoms with Gasteiger partial charge in [0, 0.05) is 32.8 Å². The van der Waals surface area contributed by atoms with Crippen LogP contribution in [-0.4, -0.2) is 79.9 Å². The van der Waals surface area contributed by atoms with Crippen molar-refractivity contribution >= 4 is 12.0 Å². The molecule has 0 fully saturated rings. The van der Waals surface area contributed by atoms with Crippen molar-refractivity contribution in [2.75, 3.05) is 46.9 Å². The lowest BCUT2D eigenvalue weighted by molar-refractivity contribution is -0.138. The average Bonchev–Trinajstić information content (AvgIpc) is 2.41.